The SMILES string of the molecule is C[C@H]([NH2+]Cc1ccc(S(N)(=O)=O)cc1)C(=O)Nc1ccc(S(N)(=O)=O)cc1. The first kappa shape index (κ1) is 21.0. The van der Waals surface area contributed by atoms with Crippen LogP contribution >= 0.6 is 0 Å². The van der Waals surface area contributed by atoms with E-state index in [9.17, 15) is 21.6 Å². The molecule has 2 aromatic rings. The van der Waals surface area contributed by atoms with E-state index in [1.54, 1.807) is 24.4 Å². The molecule has 11 heteroatoms. The molecule has 0 aliphatic carbocycles. The molecule has 1 amide bonds. The zero-order valence-corrected chi connectivity index (χ0v) is 16.1. The molecule has 2 rings (SSSR count). The first-order chi connectivity index (χ1) is 12.5. The van der Waals surface area contributed by atoms with Crippen molar-refractivity contribution in [2.75, 3.05) is 5.32 Å². The third-order valence-corrected chi connectivity index (χ3v) is 5.68. The maximum Gasteiger partial charge on any atom is 0.282 e. The Kier molecular flexibility index (Phi) is 6.34. The number of quaternary nitrogens is 1. The van der Waals surface area contributed by atoms with Crippen molar-refractivity contribution in [1.29, 1.82) is 0 Å². The van der Waals surface area contributed by atoms with Gasteiger partial charge in [-0.2, -0.15) is 0 Å². The van der Waals surface area contributed by atoms with Gasteiger partial charge in [-0.05, 0) is 43.3 Å². The third kappa shape index (κ3) is 6.12. The molecule has 0 heterocycles. The summed E-state index contributed by atoms with van der Waals surface area (Å²) in [6, 6.07) is 11.2. The lowest BCUT2D eigenvalue weighted by Crippen LogP contribution is -2.90. The van der Waals surface area contributed by atoms with E-state index >= 15 is 0 Å². The van der Waals surface area contributed by atoms with E-state index in [0.717, 1.165) is 5.56 Å². The van der Waals surface area contributed by atoms with Crippen LogP contribution in [0.1, 0.15) is 12.5 Å². The second-order valence-corrected chi connectivity index (χ2v) is 9.10. The molecule has 7 N–H and O–H groups in total. The number of hydrogen-bond acceptors (Lipinski definition) is 5. The van der Waals surface area contributed by atoms with Crippen molar-refractivity contribution in [1.82, 2.24) is 0 Å². The van der Waals surface area contributed by atoms with Gasteiger partial charge in [0.05, 0.1) is 9.79 Å². The highest BCUT2D eigenvalue weighted by atomic mass is 32.2. The maximum absolute atomic E-state index is 12.2. The molecule has 0 unspecified atom stereocenters. The van der Waals surface area contributed by atoms with Crippen molar-refractivity contribution in [3.8, 4) is 0 Å². The van der Waals surface area contributed by atoms with E-state index in [-0.39, 0.29) is 15.7 Å². The van der Waals surface area contributed by atoms with Crippen LogP contribution in [0.2, 0.25) is 0 Å². The standard InChI is InChI=1S/C16H20N4O5S2/c1-11(19-10-12-2-6-14(7-3-12)26(17,22)23)16(21)20-13-4-8-15(9-5-13)27(18,24)25/h2-9,11,19H,10H2,1H3,(H,20,21)(H2,17,22,23)(H2,18,24,25)/p+1/t11-/m0/s1. The number of amides is 1. The molecule has 1 atom stereocenters. The fraction of sp³-hybridized carbons (Fsp3) is 0.188. The van der Waals surface area contributed by atoms with Gasteiger partial charge in [0.15, 0.2) is 6.04 Å². The van der Waals surface area contributed by atoms with Gasteiger partial charge in [0.2, 0.25) is 20.0 Å². The van der Waals surface area contributed by atoms with Crippen LogP contribution in [0.25, 0.3) is 0 Å². The van der Waals surface area contributed by atoms with Crippen LogP contribution in [0.3, 0.4) is 0 Å². The lowest BCUT2D eigenvalue weighted by Gasteiger charge is -2.12. The van der Waals surface area contributed by atoms with Crippen LogP contribution in [-0.2, 0) is 31.4 Å². The maximum atomic E-state index is 12.2. The number of carbonyl (C=O) groups excluding carboxylic acids is 1. The van der Waals surface area contributed by atoms with Gasteiger partial charge in [-0.1, -0.05) is 12.1 Å². The lowest BCUT2D eigenvalue weighted by molar-refractivity contribution is -0.688. The van der Waals surface area contributed by atoms with Gasteiger partial charge in [-0.3, -0.25) is 4.79 Å². The molecule has 0 aromatic heterocycles. The number of rotatable bonds is 7. The van der Waals surface area contributed by atoms with Crippen molar-refractivity contribution in [2.45, 2.75) is 29.3 Å². The van der Waals surface area contributed by atoms with Crippen LogP contribution in [0.15, 0.2) is 58.3 Å². The summed E-state index contributed by atoms with van der Waals surface area (Å²) < 4.78 is 44.9. The van der Waals surface area contributed by atoms with Crippen molar-refractivity contribution in [3.05, 3.63) is 54.1 Å². The van der Waals surface area contributed by atoms with Gasteiger partial charge in [-0.15, -0.1) is 0 Å². The average Bonchev–Trinajstić information content (AvgIpc) is 2.59. The Labute approximate surface area is 157 Å². The van der Waals surface area contributed by atoms with Gasteiger partial charge in [0.25, 0.3) is 5.91 Å². The molecule has 0 saturated heterocycles. The number of nitrogens with one attached hydrogen (secondary N) is 1. The third-order valence-electron chi connectivity index (χ3n) is 3.82. The minimum atomic E-state index is -3.78. The molecule has 2 aromatic carbocycles. The first-order valence-corrected chi connectivity index (χ1v) is 10.9. The van der Waals surface area contributed by atoms with E-state index in [1.807, 2.05) is 0 Å². The van der Waals surface area contributed by atoms with E-state index < -0.39 is 26.1 Å². The molecule has 0 aliphatic heterocycles. The van der Waals surface area contributed by atoms with Gasteiger partial charge >= 0.3 is 0 Å². The Balaban J connectivity index is 1.92. The van der Waals surface area contributed by atoms with Crippen LogP contribution in [-0.4, -0.2) is 28.8 Å². The van der Waals surface area contributed by atoms with E-state index in [1.165, 1.54) is 36.4 Å². The van der Waals surface area contributed by atoms with Crippen molar-refractivity contribution < 1.29 is 26.9 Å². The highest BCUT2D eigenvalue weighted by Gasteiger charge is 2.17. The average molecular weight is 414 g/mol. The summed E-state index contributed by atoms with van der Waals surface area (Å²) in [5, 5.41) is 14.5. The van der Waals surface area contributed by atoms with Gasteiger partial charge in [0.1, 0.15) is 6.54 Å². The second-order valence-electron chi connectivity index (χ2n) is 5.98. The largest absolute Gasteiger partial charge is 0.333 e. The quantitative estimate of drug-likeness (QED) is 0.459. The Morgan fingerprint density at radius 1 is 0.926 bits per heavy atom. The lowest BCUT2D eigenvalue weighted by atomic mass is 10.2. The predicted octanol–water partition coefficient (Wildman–Crippen LogP) is -0.928. The molecule has 0 spiro atoms. The van der Waals surface area contributed by atoms with Crippen molar-refractivity contribution in [3.63, 3.8) is 0 Å². The summed E-state index contributed by atoms with van der Waals surface area (Å²) in [6.07, 6.45) is 0. The van der Waals surface area contributed by atoms with E-state index in [4.69, 9.17) is 10.3 Å². The molecule has 0 radical (unpaired) electrons. The number of anilines is 1. The minimum Gasteiger partial charge on any atom is -0.333 e. The topological polar surface area (TPSA) is 166 Å². The molecule has 0 bridgehead atoms. The van der Waals surface area contributed by atoms with Crippen LogP contribution in [0.4, 0.5) is 5.69 Å². The summed E-state index contributed by atoms with van der Waals surface area (Å²) in [4.78, 5) is 12.2. The van der Waals surface area contributed by atoms with Gasteiger partial charge in [0, 0.05) is 11.3 Å². The Morgan fingerprint density at radius 3 is 1.81 bits per heavy atom. The van der Waals surface area contributed by atoms with Crippen LogP contribution < -0.4 is 20.9 Å². The molecule has 146 valence electrons. The number of primary sulfonamides is 2. The van der Waals surface area contributed by atoms with Gasteiger partial charge < -0.3 is 10.6 Å². The van der Waals surface area contributed by atoms with Crippen molar-refractivity contribution >= 4 is 31.6 Å². The summed E-state index contributed by atoms with van der Waals surface area (Å²) in [5.74, 6) is -0.264. The number of hydrogen-bond donors (Lipinski definition) is 4. The highest BCUT2D eigenvalue weighted by Crippen LogP contribution is 2.12. The number of sulfonamides is 2. The fourth-order valence-electron chi connectivity index (χ4n) is 2.22. The Morgan fingerprint density at radius 2 is 1.37 bits per heavy atom. The summed E-state index contributed by atoms with van der Waals surface area (Å²) in [5.41, 5.74) is 1.28. The molecule has 0 saturated carbocycles. The number of benzene rings is 2. The monoisotopic (exact) mass is 413 g/mol. The predicted molar refractivity (Wildman–Crippen MR) is 99.4 cm³/mol. The zero-order chi connectivity index (χ0) is 20.2. The highest BCUT2D eigenvalue weighted by molar-refractivity contribution is 7.89. The van der Waals surface area contributed by atoms with E-state index in [2.05, 4.69) is 5.32 Å². The Bertz CT molecular complexity index is 1020. The zero-order valence-electron chi connectivity index (χ0n) is 14.5. The fourth-order valence-corrected chi connectivity index (χ4v) is 3.25. The normalized spacial score (nSPS) is 13.1. The molecular weight excluding hydrogens is 392 g/mol. The molecular formula is C16H21N4O5S2+. The number of carbonyl (C=O) groups is 1. The minimum absolute atomic E-state index is 0.0278. The second kappa shape index (κ2) is 8.15. The van der Waals surface area contributed by atoms with E-state index in [0.29, 0.717) is 12.2 Å². The molecule has 0 fully saturated rings. The first-order valence-electron chi connectivity index (χ1n) is 7.85. The smallest absolute Gasteiger partial charge is 0.282 e. The van der Waals surface area contributed by atoms with Crippen LogP contribution in [0, 0.1) is 0 Å². The molecule has 27 heavy (non-hydrogen) atoms. The molecule has 0 aliphatic rings. The molecule has 9 nitrogen and oxygen atoms in total. The number of nitrogens with two attached hydrogens (primary N) is 3. The van der Waals surface area contributed by atoms with Gasteiger partial charge in [-0.25, -0.2) is 27.1 Å². The van der Waals surface area contributed by atoms with Crippen LogP contribution in [0.5, 0.6) is 0 Å². The summed E-state index contributed by atoms with van der Waals surface area (Å²) in [6.45, 7) is 2.18. The summed E-state index contributed by atoms with van der Waals surface area (Å²) >= 11 is 0. The summed E-state index contributed by atoms with van der Waals surface area (Å²) in [7, 11) is -7.51. The Hall–Kier alpha value is -2.31. The van der Waals surface area contributed by atoms with Crippen molar-refractivity contribution in [2.24, 2.45) is 10.3 Å².